The molecule has 9 nitrogen and oxygen atoms in total. The number of aryl methyl sites for hydroxylation is 1. The van der Waals surface area contributed by atoms with Gasteiger partial charge in [0.25, 0.3) is 21.8 Å². The number of nitrogens with two attached hydrogens (primary N) is 1. The van der Waals surface area contributed by atoms with Gasteiger partial charge in [-0.2, -0.15) is 0 Å². The molecular formula is C27H27N3O6S2. The van der Waals surface area contributed by atoms with Crippen molar-refractivity contribution in [1.29, 1.82) is 0 Å². The average molecular weight is 554 g/mol. The van der Waals surface area contributed by atoms with Gasteiger partial charge in [-0.3, -0.25) is 13.9 Å². The molecule has 0 bridgehead atoms. The summed E-state index contributed by atoms with van der Waals surface area (Å²) in [6.45, 7) is 3.05. The van der Waals surface area contributed by atoms with E-state index in [1.807, 2.05) is 0 Å². The van der Waals surface area contributed by atoms with Gasteiger partial charge in [0.2, 0.25) is 0 Å². The number of hydrogen-bond acceptors (Lipinski definition) is 7. The van der Waals surface area contributed by atoms with Crippen LogP contribution < -0.4 is 15.4 Å². The summed E-state index contributed by atoms with van der Waals surface area (Å²) in [5, 5.41) is 2.98. The second-order valence-electron chi connectivity index (χ2n) is 8.59. The Labute approximate surface area is 225 Å². The summed E-state index contributed by atoms with van der Waals surface area (Å²) in [5.41, 5.74) is 7.16. The largest absolute Gasteiger partial charge is 0.452 e. The fourth-order valence-electron chi connectivity index (χ4n) is 4.26. The number of carbonyl (C=O) groups excluding carboxylic acids is 3. The fourth-order valence-corrected chi connectivity index (χ4v) is 7.05. The summed E-state index contributed by atoms with van der Waals surface area (Å²) in [6.07, 6.45) is 4.96. The monoisotopic (exact) mass is 553 g/mol. The number of thiophene rings is 1. The number of para-hydroxylation sites is 1. The van der Waals surface area contributed by atoms with Crippen LogP contribution in [-0.4, -0.2) is 39.4 Å². The van der Waals surface area contributed by atoms with E-state index in [4.69, 9.17) is 10.5 Å². The van der Waals surface area contributed by atoms with E-state index in [0.29, 0.717) is 16.3 Å². The number of primary amides is 1. The van der Waals surface area contributed by atoms with E-state index in [0.717, 1.165) is 36.1 Å². The summed E-state index contributed by atoms with van der Waals surface area (Å²) in [6, 6.07) is 13.9. The number of anilines is 2. The van der Waals surface area contributed by atoms with Crippen LogP contribution in [0.15, 0.2) is 72.1 Å². The first-order chi connectivity index (χ1) is 18.2. The molecule has 3 N–H and O–H groups in total. The highest BCUT2D eigenvalue weighted by atomic mass is 32.2. The molecule has 0 unspecified atom stereocenters. The SMILES string of the molecule is C=CCN(c1ccccc1)S(=O)(=O)c1cccc(C(=O)OCC(=O)Nc2sc3c(c2C(N)=O)CCCC3)c1. The van der Waals surface area contributed by atoms with Gasteiger partial charge in [-0.15, -0.1) is 17.9 Å². The molecule has 1 aliphatic carbocycles. The minimum atomic E-state index is -4.03. The molecule has 2 aromatic carbocycles. The van der Waals surface area contributed by atoms with E-state index in [1.54, 1.807) is 30.3 Å². The Morgan fingerprint density at radius 3 is 2.53 bits per heavy atom. The highest BCUT2D eigenvalue weighted by Crippen LogP contribution is 2.37. The zero-order valence-electron chi connectivity index (χ0n) is 20.5. The third kappa shape index (κ3) is 5.79. The number of fused-ring (bicyclic) bond motifs is 1. The zero-order valence-corrected chi connectivity index (χ0v) is 22.1. The standard InChI is InChI=1S/C27H27N3O6S2/c1-2-15-30(19-10-4-3-5-11-19)38(34,35)20-12-8-9-18(16-20)27(33)36-17-23(31)29-26-24(25(28)32)21-13-6-7-14-22(21)37-26/h2-5,8-12,16H,1,6-7,13-15,17H2,(H2,28,32)(H,29,31). The van der Waals surface area contributed by atoms with Crippen LogP contribution in [0, 0.1) is 0 Å². The Kier molecular flexibility index (Phi) is 8.28. The van der Waals surface area contributed by atoms with Crippen molar-refractivity contribution in [2.75, 3.05) is 22.8 Å². The number of amides is 2. The lowest BCUT2D eigenvalue weighted by molar-refractivity contribution is -0.119. The van der Waals surface area contributed by atoms with Gasteiger partial charge < -0.3 is 15.8 Å². The normalized spacial score (nSPS) is 12.7. The van der Waals surface area contributed by atoms with Gasteiger partial charge in [-0.25, -0.2) is 13.2 Å². The van der Waals surface area contributed by atoms with Gasteiger partial charge in [0, 0.05) is 4.88 Å². The zero-order chi connectivity index (χ0) is 27.3. The predicted molar refractivity (Wildman–Crippen MR) is 146 cm³/mol. The average Bonchev–Trinajstić information content (AvgIpc) is 3.28. The van der Waals surface area contributed by atoms with Crippen molar-refractivity contribution >= 4 is 49.8 Å². The second-order valence-corrected chi connectivity index (χ2v) is 11.6. The Hall–Kier alpha value is -3.96. The minimum absolute atomic E-state index is 0.0284. The molecule has 0 spiro atoms. The molecule has 0 atom stereocenters. The third-order valence-corrected chi connectivity index (χ3v) is 9.00. The number of rotatable bonds is 10. The summed E-state index contributed by atoms with van der Waals surface area (Å²) in [5.74, 6) is -2.12. The fraction of sp³-hybridized carbons (Fsp3) is 0.222. The molecule has 0 saturated carbocycles. The number of ether oxygens (including phenoxy) is 1. The Morgan fingerprint density at radius 1 is 1.08 bits per heavy atom. The van der Waals surface area contributed by atoms with Gasteiger partial charge in [0.1, 0.15) is 5.00 Å². The number of sulfonamides is 1. The molecule has 0 saturated heterocycles. The van der Waals surface area contributed by atoms with E-state index in [9.17, 15) is 22.8 Å². The van der Waals surface area contributed by atoms with Crippen LogP contribution in [0.4, 0.5) is 10.7 Å². The molecule has 0 aliphatic heterocycles. The van der Waals surface area contributed by atoms with E-state index >= 15 is 0 Å². The molecule has 1 aromatic heterocycles. The maximum absolute atomic E-state index is 13.4. The first-order valence-electron chi connectivity index (χ1n) is 11.9. The molecular weight excluding hydrogens is 526 g/mol. The van der Waals surface area contributed by atoms with Gasteiger partial charge in [0.05, 0.1) is 28.3 Å². The van der Waals surface area contributed by atoms with Gasteiger partial charge in [0.15, 0.2) is 6.61 Å². The Bertz CT molecular complexity index is 1480. The van der Waals surface area contributed by atoms with Crippen LogP contribution in [0.5, 0.6) is 0 Å². The highest BCUT2D eigenvalue weighted by Gasteiger charge is 2.27. The molecule has 0 fully saturated rings. The van der Waals surface area contributed by atoms with Gasteiger partial charge in [-0.05, 0) is 61.6 Å². The molecule has 1 aliphatic rings. The van der Waals surface area contributed by atoms with Crippen molar-refractivity contribution in [1.82, 2.24) is 0 Å². The lowest BCUT2D eigenvalue weighted by Crippen LogP contribution is -2.31. The van der Waals surface area contributed by atoms with Gasteiger partial charge in [-0.1, -0.05) is 30.3 Å². The van der Waals surface area contributed by atoms with Crippen molar-refractivity contribution in [2.24, 2.45) is 5.73 Å². The smallest absolute Gasteiger partial charge is 0.338 e. The molecule has 2 amide bonds. The Balaban J connectivity index is 1.46. The number of esters is 1. The summed E-state index contributed by atoms with van der Waals surface area (Å²) < 4.78 is 33.0. The summed E-state index contributed by atoms with van der Waals surface area (Å²) in [4.78, 5) is 38.1. The first-order valence-corrected chi connectivity index (χ1v) is 14.2. The number of nitrogens with one attached hydrogen (secondary N) is 1. The maximum atomic E-state index is 13.4. The van der Waals surface area contributed by atoms with Crippen LogP contribution in [-0.2, 0) is 32.4 Å². The van der Waals surface area contributed by atoms with Crippen molar-refractivity contribution in [3.63, 3.8) is 0 Å². The van der Waals surface area contributed by atoms with Crippen molar-refractivity contribution in [3.8, 4) is 0 Å². The van der Waals surface area contributed by atoms with Crippen molar-refractivity contribution in [2.45, 2.75) is 30.6 Å². The number of hydrogen-bond donors (Lipinski definition) is 2. The number of nitrogens with zero attached hydrogens (tertiary/aromatic N) is 1. The van der Waals surface area contributed by atoms with E-state index in [1.165, 1.54) is 46.0 Å². The minimum Gasteiger partial charge on any atom is -0.452 e. The Morgan fingerprint density at radius 2 is 1.82 bits per heavy atom. The molecule has 11 heteroatoms. The second kappa shape index (κ2) is 11.6. The quantitative estimate of drug-likeness (QED) is 0.289. The molecule has 0 radical (unpaired) electrons. The van der Waals surface area contributed by atoms with Crippen molar-refractivity contribution in [3.05, 3.63) is 88.8 Å². The predicted octanol–water partition coefficient (Wildman–Crippen LogP) is 3.90. The van der Waals surface area contributed by atoms with Crippen LogP contribution in [0.1, 0.15) is 44.0 Å². The summed E-state index contributed by atoms with van der Waals surface area (Å²) in [7, 11) is -4.03. The number of benzene rings is 2. The molecule has 38 heavy (non-hydrogen) atoms. The lowest BCUT2D eigenvalue weighted by Gasteiger charge is -2.23. The molecule has 198 valence electrons. The van der Waals surface area contributed by atoms with Crippen LogP contribution in [0.25, 0.3) is 0 Å². The molecule has 3 aromatic rings. The number of carbonyl (C=O) groups is 3. The van der Waals surface area contributed by atoms with Gasteiger partial charge >= 0.3 is 5.97 Å². The van der Waals surface area contributed by atoms with Crippen LogP contribution >= 0.6 is 11.3 Å². The van der Waals surface area contributed by atoms with Crippen LogP contribution in [0.3, 0.4) is 0 Å². The molecule has 4 rings (SSSR count). The van der Waals surface area contributed by atoms with E-state index < -0.39 is 34.4 Å². The maximum Gasteiger partial charge on any atom is 0.338 e. The van der Waals surface area contributed by atoms with Crippen LogP contribution in [0.2, 0.25) is 0 Å². The molecule has 1 heterocycles. The summed E-state index contributed by atoms with van der Waals surface area (Å²) >= 11 is 1.31. The first kappa shape index (κ1) is 27.1. The van der Waals surface area contributed by atoms with Crippen molar-refractivity contribution < 1.29 is 27.5 Å². The third-order valence-electron chi connectivity index (χ3n) is 6.00. The topological polar surface area (TPSA) is 136 Å². The van der Waals surface area contributed by atoms with E-state index in [-0.39, 0.29) is 17.0 Å². The van der Waals surface area contributed by atoms with E-state index in [2.05, 4.69) is 11.9 Å². The highest BCUT2D eigenvalue weighted by molar-refractivity contribution is 7.92. The lowest BCUT2D eigenvalue weighted by atomic mass is 9.95.